The molecule has 6 heteroatoms. The molecule has 0 saturated heterocycles. The lowest BCUT2D eigenvalue weighted by atomic mass is 9.95. The first-order chi connectivity index (χ1) is 9.27. The molecule has 1 amide bonds. The Hall–Kier alpha value is -2.24. The zero-order valence-corrected chi connectivity index (χ0v) is 12.0. The van der Waals surface area contributed by atoms with Crippen LogP contribution in [-0.4, -0.2) is 29.3 Å². The number of nitrogens with one attached hydrogen (secondary N) is 1. The number of Topliss-reactive ketones (excluding diaryl/α,β-unsaturated/α-hetero) is 1. The average molecular weight is 278 g/mol. The van der Waals surface area contributed by atoms with E-state index in [4.69, 9.17) is 0 Å². The van der Waals surface area contributed by atoms with Crippen LogP contribution in [0.1, 0.15) is 38.1 Å². The highest BCUT2D eigenvalue weighted by molar-refractivity contribution is 6.42. The minimum Gasteiger partial charge on any atom is -0.460 e. The molecule has 1 rings (SSSR count). The van der Waals surface area contributed by atoms with Crippen molar-refractivity contribution in [2.45, 2.75) is 27.7 Å². The summed E-state index contributed by atoms with van der Waals surface area (Å²) >= 11 is 0. The largest absolute Gasteiger partial charge is 0.460 e. The van der Waals surface area contributed by atoms with Gasteiger partial charge in [-0.2, -0.15) is 0 Å². The number of esters is 1. The molecule has 0 aliphatic rings. The summed E-state index contributed by atoms with van der Waals surface area (Å²) in [5.74, 6) is -2.04. The Kier molecular flexibility index (Phi) is 4.96. The Morgan fingerprint density at radius 3 is 2.50 bits per heavy atom. The van der Waals surface area contributed by atoms with Gasteiger partial charge in [-0.15, -0.1) is 0 Å². The van der Waals surface area contributed by atoms with Crippen LogP contribution in [0.4, 0.5) is 5.69 Å². The smallest absolute Gasteiger partial charge is 0.379 e. The molecule has 0 aliphatic heterocycles. The van der Waals surface area contributed by atoms with Gasteiger partial charge in [-0.05, 0) is 13.0 Å². The van der Waals surface area contributed by atoms with Crippen LogP contribution < -0.4 is 5.32 Å². The van der Waals surface area contributed by atoms with Crippen molar-refractivity contribution in [3.8, 4) is 0 Å². The fourth-order valence-corrected chi connectivity index (χ4v) is 1.31. The maximum absolute atomic E-state index is 11.9. The Morgan fingerprint density at radius 1 is 1.30 bits per heavy atom. The van der Waals surface area contributed by atoms with Crippen LogP contribution in [-0.2, 0) is 14.3 Å². The number of hydrogen-bond donors (Lipinski definition) is 1. The number of amides is 1. The predicted molar refractivity (Wildman–Crippen MR) is 73.3 cm³/mol. The zero-order valence-electron chi connectivity index (χ0n) is 12.0. The molecular weight excluding hydrogens is 260 g/mol. The molecule has 20 heavy (non-hydrogen) atoms. The number of hydrogen-bond acceptors (Lipinski definition) is 5. The lowest BCUT2D eigenvalue weighted by Crippen LogP contribution is -2.29. The standard InChI is InChI=1S/C14H18N2O4/c1-5-20-12(18)11(17)9-6-7-15-8-10(9)16-13(19)14(2,3)4/h6-8H,5H2,1-4H3,(H,16,19). The van der Waals surface area contributed by atoms with Gasteiger partial charge in [-0.3, -0.25) is 14.6 Å². The van der Waals surface area contributed by atoms with Gasteiger partial charge in [0.1, 0.15) is 0 Å². The molecule has 1 heterocycles. The van der Waals surface area contributed by atoms with Crippen LogP contribution in [0.5, 0.6) is 0 Å². The van der Waals surface area contributed by atoms with E-state index in [1.54, 1.807) is 27.7 Å². The Bertz CT molecular complexity index is 532. The predicted octanol–water partition coefficient (Wildman–Crippen LogP) is 1.81. The van der Waals surface area contributed by atoms with E-state index in [0.29, 0.717) is 0 Å². The lowest BCUT2D eigenvalue weighted by Gasteiger charge is -2.18. The molecule has 6 nitrogen and oxygen atoms in total. The SMILES string of the molecule is CCOC(=O)C(=O)c1ccncc1NC(=O)C(C)(C)C. The van der Waals surface area contributed by atoms with E-state index >= 15 is 0 Å². The quantitative estimate of drug-likeness (QED) is 0.516. The number of ether oxygens (including phenoxy) is 1. The van der Waals surface area contributed by atoms with Crippen LogP contribution in [0.25, 0.3) is 0 Å². The summed E-state index contributed by atoms with van der Waals surface area (Å²) in [5, 5.41) is 2.60. The lowest BCUT2D eigenvalue weighted by molar-refractivity contribution is -0.137. The minimum absolute atomic E-state index is 0.0658. The molecule has 0 atom stereocenters. The molecule has 1 N–H and O–H groups in total. The molecule has 0 fully saturated rings. The second-order valence-corrected chi connectivity index (χ2v) is 5.17. The number of aromatic nitrogens is 1. The number of nitrogens with zero attached hydrogens (tertiary/aromatic N) is 1. The summed E-state index contributed by atoms with van der Waals surface area (Å²) in [6.45, 7) is 6.95. The van der Waals surface area contributed by atoms with E-state index in [1.165, 1.54) is 18.5 Å². The molecule has 0 saturated carbocycles. The highest BCUT2D eigenvalue weighted by atomic mass is 16.5. The van der Waals surface area contributed by atoms with Crippen LogP contribution in [0, 0.1) is 5.41 Å². The van der Waals surface area contributed by atoms with Gasteiger partial charge in [0, 0.05) is 11.6 Å². The van der Waals surface area contributed by atoms with Gasteiger partial charge >= 0.3 is 5.97 Å². The normalized spacial score (nSPS) is 10.8. The zero-order chi connectivity index (χ0) is 15.3. The highest BCUT2D eigenvalue weighted by Gasteiger charge is 2.25. The number of anilines is 1. The average Bonchev–Trinajstić information content (AvgIpc) is 2.37. The Morgan fingerprint density at radius 2 is 1.95 bits per heavy atom. The third-order valence-electron chi connectivity index (χ3n) is 2.46. The molecule has 0 radical (unpaired) electrons. The van der Waals surface area contributed by atoms with E-state index in [-0.39, 0.29) is 23.8 Å². The van der Waals surface area contributed by atoms with Crippen molar-refractivity contribution < 1.29 is 19.1 Å². The minimum atomic E-state index is -0.954. The number of rotatable bonds is 4. The maximum Gasteiger partial charge on any atom is 0.379 e. The molecule has 0 bridgehead atoms. The van der Waals surface area contributed by atoms with E-state index in [0.717, 1.165) is 0 Å². The molecule has 1 aromatic heterocycles. The molecule has 0 spiro atoms. The van der Waals surface area contributed by atoms with Crippen molar-refractivity contribution in [2.24, 2.45) is 5.41 Å². The highest BCUT2D eigenvalue weighted by Crippen LogP contribution is 2.20. The van der Waals surface area contributed by atoms with E-state index in [2.05, 4.69) is 15.0 Å². The first-order valence-electron chi connectivity index (χ1n) is 6.24. The molecular formula is C14H18N2O4. The second-order valence-electron chi connectivity index (χ2n) is 5.17. The Balaban J connectivity index is 3.03. The van der Waals surface area contributed by atoms with Gasteiger partial charge in [0.15, 0.2) is 0 Å². The summed E-state index contributed by atoms with van der Waals surface area (Å²) in [5.41, 5.74) is -0.360. The molecule has 0 unspecified atom stereocenters. The van der Waals surface area contributed by atoms with E-state index < -0.39 is 17.2 Å². The molecule has 108 valence electrons. The van der Waals surface area contributed by atoms with Gasteiger partial charge in [0.05, 0.1) is 24.1 Å². The van der Waals surface area contributed by atoms with Crippen LogP contribution in [0.2, 0.25) is 0 Å². The van der Waals surface area contributed by atoms with Gasteiger partial charge in [-0.25, -0.2) is 4.79 Å². The summed E-state index contributed by atoms with van der Waals surface area (Å²) in [4.78, 5) is 39.2. The maximum atomic E-state index is 11.9. The van der Waals surface area contributed by atoms with Gasteiger partial charge in [-0.1, -0.05) is 20.8 Å². The topological polar surface area (TPSA) is 85.4 Å². The number of ketones is 1. The van der Waals surface area contributed by atoms with Crippen molar-refractivity contribution in [2.75, 3.05) is 11.9 Å². The molecule has 1 aromatic rings. The van der Waals surface area contributed by atoms with Crippen molar-refractivity contribution in [1.82, 2.24) is 4.98 Å². The van der Waals surface area contributed by atoms with Crippen molar-refractivity contribution in [1.29, 1.82) is 0 Å². The van der Waals surface area contributed by atoms with Crippen LogP contribution >= 0.6 is 0 Å². The number of carbonyl (C=O) groups is 3. The summed E-state index contributed by atoms with van der Waals surface area (Å²) in [7, 11) is 0. The van der Waals surface area contributed by atoms with Crippen molar-refractivity contribution >= 4 is 23.3 Å². The van der Waals surface area contributed by atoms with Crippen molar-refractivity contribution in [3.63, 3.8) is 0 Å². The summed E-state index contributed by atoms with van der Waals surface area (Å²) in [6.07, 6.45) is 2.70. The van der Waals surface area contributed by atoms with Gasteiger partial charge < -0.3 is 10.1 Å². The summed E-state index contributed by atoms with van der Waals surface area (Å²) < 4.78 is 4.66. The first kappa shape index (κ1) is 15.8. The summed E-state index contributed by atoms with van der Waals surface area (Å²) in [6, 6.07) is 1.37. The fraction of sp³-hybridized carbons (Fsp3) is 0.429. The molecule has 0 aromatic carbocycles. The van der Waals surface area contributed by atoms with Gasteiger partial charge in [0.25, 0.3) is 5.78 Å². The van der Waals surface area contributed by atoms with E-state index in [1.807, 2.05) is 0 Å². The van der Waals surface area contributed by atoms with Crippen LogP contribution in [0.15, 0.2) is 18.5 Å². The van der Waals surface area contributed by atoms with E-state index in [9.17, 15) is 14.4 Å². The first-order valence-corrected chi connectivity index (χ1v) is 6.24. The Labute approximate surface area is 117 Å². The van der Waals surface area contributed by atoms with Gasteiger partial charge in [0.2, 0.25) is 5.91 Å². The number of pyridine rings is 1. The van der Waals surface area contributed by atoms with Crippen molar-refractivity contribution in [3.05, 3.63) is 24.0 Å². The fourth-order valence-electron chi connectivity index (χ4n) is 1.31. The second kappa shape index (κ2) is 6.27. The third kappa shape index (κ3) is 3.88. The number of carbonyl (C=O) groups excluding carboxylic acids is 3. The molecule has 0 aliphatic carbocycles. The van der Waals surface area contributed by atoms with Crippen LogP contribution in [0.3, 0.4) is 0 Å². The monoisotopic (exact) mass is 278 g/mol. The third-order valence-corrected chi connectivity index (χ3v) is 2.46.